The number of benzene rings is 4. The Hall–Kier alpha value is -6.72. The van der Waals surface area contributed by atoms with E-state index in [4.69, 9.17) is 52.2 Å². The third-order valence-corrected chi connectivity index (χ3v) is 14.8. The van der Waals surface area contributed by atoms with Crippen molar-refractivity contribution in [2.45, 2.75) is 95.0 Å². The van der Waals surface area contributed by atoms with E-state index in [9.17, 15) is 14.9 Å². The number of halogens is 4. The van der Waals surface area contributed by atoms with E-state index in [2.05, 4.69) is 49.4 Å². The zero-order chi connectivity index (χ0) is 56.3. The summed E-state index contributed by atoms with van der Waals surface area (Å²) in [5.41, 5.74) is 0.892. The van der Waals surface area contributed by atoms with Crippen molar-refractivity contribution in [3.05, 3.63) is 147 Å². The van der Waals surface area contributed by atoms with E-state index in [1.165, 1.54) is 55.1 Å². The maximum Gasteiger partial charge on any atom is 0.251 e. The molecule has 2 fully saturated rings. The fourth-order valence-corrected chi connectivity index (χ4v) is 11.0. The fraction of sp³-hybridized carbons (Fsp3) is 0.424. The molecule has 6 aromatic rings. The van der Waals surface area contributed by atoms with Gasteiger partial charge < -0.3 is 45.1 Å². The highest BCUT2D eigenvalue weighted by Crippen LogP contribution is 2.53. The molecular weight excluding hydrogens is 1050 g/mol. The van der Waals surface area contributed by atoms with Crippen molar-refractivity contribution in [3.63, 3.8) is 0 Å². The van der Waals surface area contributed by atoms with Crippen LogP contribution in [0.2, 0.25) is 10.0 Å². The van der Waals surface area contributed by atoms with Crippen molar-refractivity contribution in [2.75, 3.05) is 76.3 Å². The van der Waals surface area contributed by atoms with E-state index < -0.39 is 52.3 Å². The van der Waals surface area contributed by atoms with Gasteiger partial charge in [-0.15, -0.1) is 0 Å². The molecule has 8 rings (SSSR count). The molecule has 16 nitrogen and oxygen atoms in total. The number of nitrogens with one attached hydrogen (secondary N) is 4. The number of methoxy groups -OCH3 is 1. The monoisotopic (exact) mass is 1120 g/mol. The lowest BCUT2D eigenvalue weighted by Crippen LogP contribution is -2.45. The lowest BCUT2D eigenvalue weighted by molar-refractivity contribution is -0.118. The Morgan fingerprint density at radius 1 is 0.924 bits per heavy atom. The summed E-state index contributed by atoms with van der Waals surface area (Å²) in [5, 5.41) is 28.3. The molecule has 4 N–H and O–H groups in total. The number of anilines is 3. The molecule has 79 heavy (non-hydrogen) atoms. The zero-order valence-electron chi connectivity index (χ0n) is 45.3. The highest BCUT2D eigenvalue weighted by atomic mass is 35.5. The average Bonchev–Trinajstić information content (AvgIpc) is 3.51. The van der Waals surface area contributed by atoms with Gasteiger partial charge in [0.1, 0.15) is 28.6 Å². The van der Waals surface area contributed by atoms with Crippen LogP contribution < -0.4 is 30.9 Å². The molecule has 4 aromatic carbocycles. The second-order valence-electron chi connectivity index (χ2n) is 21.2. The minimum Gasteiger partial charge on any atom is -0.495 e. The van der Waals surface area contributed by atoms with Gasteiger partial charge in [0, 0.05) is 61.0 Å². The van der Waals surface area contributed by atoms with Gasteiger partial charge in [-0.1, -0.05) is 92.5 Å². The van der Waals surface area contributed by atoms with E-state index in [1.807, 2.05) is 70.0 Å². The van der Waals surface area contributed by atoms with Crippen molar-refractivity contribution in [1.29, 1.82) is 5.26 Å². The minimum absolute atomic E-state index is 0.0487. The lowest BCUT2D eigenvalue weighted by atomic mass is 9.62. The Balaban J connectivity index is 0.776. The molecule has 1 aliphatic heterocycles. The molecule has 1 saturated heterocycles. The Kier molecular flexibility index (Phi) is 19.6. The summed E-state index contributed by atoms with van der Waals surface area (Å²) in [6.45, 7) is 8.45. The van der Waals surface area contributed by atoms with Gasteiger partial charge >= 0.3 is 0 Å². The molecule has 0 spiro atoms. The molecule has 0 radical (unpaired) electrons. The van der Waals surface area contributed by atoms with Gasteiger partial charge in [-0.05, 0) is 91.1 Å². The van der Waals surface area contributed by atoms with Gasteiger partial charge in [-0.3, -0.25) is 9.59 Å². The first-order valence-corrected chi connectivity index (χ1v) is 27.2. The summed E-state index contributed by atoms with van der Waals surface area (Å²) in [6, 6.07) is 25.4. The van der Waals surface area contributed by atoms with Crippen LogP contribution >= 0.6 is 23.2 Å². The molecule has 2 amide bonds. The summed E-state index contributed by atoms with van der Waals surface area (Å²) in [7, 11) is 5.43. The van der Waals surface area contributed by atoms with E-state index in [1.54, 1.807) is 12.3 Å². The number of hydrogen-bond acceptors (Lipinski definition) is 13. The van der Waals surface area contributed by atoms with Crippen LogP contribution in [0, 0.1) is 28.4 Å². The predicted octanol–water partition coefficient (Wildman–Crippen LogP) is 10.2. The van der Waals surface area contributed by atoms with Crippen LogP contribution in [0.15, 0.2) is 103 Å². The molecule has 1 saturated carbocycles. The molecule has 2 aliphatic rings. The Morgan fingerprint density at radius 3 is 2.38 bits per heavy atom. The number of rotatable bonds is 23. The Bertz CT molecular complexity index is 3090. The first kappa shape index (κ1) is 58.4. The maximum absolute atomic E-state index is 16.2. The molecular formula is C59H68Cl2F2N10O6. The Labute approximate surface area is 470 Å². The van der Waals surface area contributed by atoms with Gasteiger partial charge in [0.25, 0.3) is 5.91 Å². The standard InChI is InChI=1S/C59H68Cl2F2N10O6/c1-58(2,3)33-50-59(36-64,44-21-16-39(60)32-46(44)62)51(42-13-10-14-45(61)52(42)63)53(71-50)55(75)69-48-31-38(15-22-49(48)76-6)54(74)65-25-26-77-27-28-78-29-30-79-41-19-17-40(18-20-41)68-57-66-24-23-47(70-57)43-34-67-73(56(43)72(4)5)35-37-11-8-7-9-12-37/h7-16,21-24,31-32,34,40-41,50-51,53,71H,17-20,25-30,33,35H2,1-6H3,(H,65,74)(H,69,75)(H,66,68,70)/t40-,41-,50-,51?,53?,59-/m0/s1. The topological polar surface area (TPSA) is 190 Å². The third kappa shape index (κ3) is 14.2. The van der Waals surface area contributed by atoms with Crippen LogP contribution in [0.4, 0.5) is 26.2 Å². The summed E-state index contributed by atoms with van der Waals surface area (Å²) >= 11 is 12.5. The normalized spacial score (nSPS) is 20.1. The molecule has 1 aliphatic carbocycles. The number of amides is 2. The van der Waals surface area contributed by atoms with Crippen molar-refractivity contribution in [3.8, 4) is 23.1 Å². The van der Waals surface area contributed by atoms with E-state index in [-0.39, 0.29) is 69.9 Å². The highest BCUT2D eigenvalue weighted by molar-refractivity contribution is 6.31. The van der Waals surface area contributed by atoms with E-state index in [0.717, 1.165) is 48.8 Å². The molecule has 418 valence electrons. The predicted molar refractivity (Wildman–Crippen MR) is 302 cm³/mol. The zero-order valence-corrected chi connectivity index (χ0v) is 46.8. The van der Waals surface area contributed by atoms with Crippen LogP contribution in [0.1, 0.15) is 85.8 Å². The molecule has 0 bridgehead atoms. The summed E-state index contributed by atoms with van der Waals surface area (Å²) < 4.78 is 57.5. The van der Waals surface area contributed by atoms with Gasteiger partial charge in [-0.25, -0.2) is 23.4 Å². The molecule has 2 unspecified atom stereocenters. The first-order chi connectivity index (χ1) is 38.0. The maximum atomic E-state index is 16.2. The van der Waals surface area contributed by atoms with Gasteiger partial charge in [0.2, 0.25) is 11.9 Å². The van der Waals surface area contributed by atoms with Crippen molar-refractivity contribution in [2.24, 2.45) is 5.41 Å². The molecule has 20 heteroatoms. The van der Waals surface area contributed by atoms with Crippen LogP contribution in [-0.2, 0) is 31.0 Å². The number of aromatic nitrogens is 4. The number of carbonyl (C=O) groups is 2. The van der Waals surface area contributed by atoms with Crippen LogP contribution in [-0.4, -0.2) is 117 Å². The van der Waals surface area contributed by atoms with Crippen LogP contribution in [0.5, 0.6) is 5.75 Å². The van der Waals surface area contributed by atoms with Gasteiger partial charge in [0.05, 0.1) is 93.1 Å². The summed E-state index contributed by atoms with van der Waals surface area (Å²) in [6.07, 6.45) is 7.71. The number of nitriles is 1. The smallest absolute Gasteiger partial charge is 0.251 e. The largest absolute Gasteiger partial charge is 0.495 e. The Morgan fingerprint density at radius 2 is 1.67 bits per heavy atom. The van der Waals surface area contributed by atoms with Crippen molar-refractivity contribution in [1.82, 2.24) is 30.4 Å². The van der Waals surface area contributed by atoms with Crippen molar-refractivity contribution < 1.29 is 37.3 Å². The quantitative estimate of drug-likeness (QED) is 0.0444. The summed E-state index contributed by atoms with van der Waals surface area (Å²) in [5.74, 6) is -2.25. The molecule has 3 heterocycles. The third-order valence-electron chi connectivity index (χ3n) is 14.3. The number of ether oxygens (including phenoxy) is 4. The van der Waals surface area contributed by atoms with Crippen LogP contribution in [0.3, 0.4) is 0 Å². The second-order valence-corrected chi connectivity index (χ2v) is 22.1. The van der Waals surface area contributed by atoms with Crippen molar-refractivity contribution >= 4 is 52.5 Å². The van der Waals surface area contributed by atoms with E-state index >= 15 is 8.78 Å². The lowest BCUT2D eigenvalue weighted by Gasteiger charge is -2.37. The summed E-state index contributed by atoms with van der Waals surface area (Å²) in [4.78, 5) is 39.5. The SMILES string of the molecule is COc1ccc(C(=O)NCCOCCOCCO[C@H]2CC[C@H](Nc3nccc(-c4cnn(Cc5ccccc5)c4N(C)C)n3)CC2)cc1NC(=O)C1N[C@@H](CC(C)(C)C)[C@](C#N)(c2ccc(Cl)cc2F)C1c1cccc(Cl)c1F. The van der Waals surface area contributed by atoms with Crippen LogP contribution in [0.25, 0.3) is 11.3 Å². The first-order valence-electron chi connectivity index (χ1n) is 26.5. The fourth-order valence-electron chi connectivity index (χ4n) is 10.7. The number of carbonyl (C=O) groups excluding carboxylic acids is 2. The molecule has 4 atom stereocenters. The second kappa shape index (κ2) is 26.5. The van der Waals surface area contributed by atoms with E-state index in [0.29, 0.717) is 38.9 Å². The minimum atomic E-state index is -1.83. The van der Waals surface area contributed by atoms with Gasteiger partial charge in [0.15, 0.2) is 0 Å². The highest BCUT2D eigenvalue weighted by Gasteiger charge is 2.61. The number of hydrogen-bond donors (Lipinski definition) is 4. The average molecular weight is 1120 g/mol. The van der Waals surface area contributed by atoms with Gasteiger partial charge in [-0.2, -0.15) is 10.4 Å². The molecule has 2 aromatic heterocycles. The number of nitrogens with zero attached hydrogens (tertiary/aromatic N) is 6.